The average Bonchev–Trinajstić information content (AvgIpc) is 2.84. The number of carbonyl (C=O) groups is 2. The Bertz CT molecular complexity index is 1100. The lowest BCUT2D eigenvalue weighted by Gasteiger charge is -2.32. The van der Waals surface area contributed by atoms with Crippen molar-refractivity contribution in [1.29, 1.82) is 0 Å². The van der Waals surface area contributed by atoms with Crippen molar-refractivity contribution < 1.29 is 27.5 Å². The van der Waals surface area contributed by atoms with Gasteiger partial charge in [-0.3, -0.25) is 9.59 Å². The third-order valence-electron chi connectivity index (χ3n) is 5.76. The van der Waals surface area contributed by atoms with Crippen molar-refractivity contribution in [2.75, 3.05) is 27.3 Å². The monoisotopic (exact) mass is 489 g/mol. The molecule has 1 saturated heterocycles. The van der Waals surface area contributed by atoms with Crippen LogP contribution in [0.15, 0.2) is 53.4 Å². The van der Waals surface area contributed by atoms with E-state index in [0.717, 1.165) is 5.56 Å². The summed E-state index contributed by atoms with van der Waals surface area (Å²) in [5.74, 6) is 0.483. The first-order valence-electron chi connectivity index (χ1n) is 11.1. The molecule has 0 bridgehead atoms. The van der Waals surface area contributed by atoms with Gasteiger partial charge in [0.1, 0.15) is 6.04 Å². The summed E-state index contributed by atoms with van der Waals surface area (Å²) >= 11 is 0. The van der Waals surface area contributed by atoms with Crippen molar-refractivity contribution in [3.05, 3.63) is 54.1 Å². The lowest BCUT2D eigenvalue weighted by molar-refractivity contribution is -0.128. The lowest BCUT2D eigenvalue weighted by atomic mass is 10.0. The highest BCUT2D eigenvalue weighted by Gasteiger charge is 2.31. The maximum absolute atomic E-state index is 13.0. The molecular weight excluding hydrogens is 458 g/mol. The third kappa shape index (κ3) is 6.27. The molecule has 2 aromatic carbocycles. The number of methoxy groups -OCH3 is 2. The number of carbonyl (C=O) groups excluding carboxylic acids is 2. The van der Waals surface area contributed by atoms with Gasteiger partial charge in [0.25, 0.3) is 0 Å². The smallest absolute Gasteiger partial charge is 0.243 e. The average molecular weight is 490 g/mol. The highest BCUT2D eigenvalue weighted by molar-refractivity contribution is 7.89. The van der Waals surface area contributed by atoms with Gasteiger partial charge in [-0.05, 0) is 42.7 Å². The zero-order chi connectivity index (χ0) is 24.7. The zero-order valence-corrected chi connectivity index (χ0v) is 20.4. The molecule has 1 aliphatic rings. The number of sulfonamides is 1. The van der Waals surface area contributed by atoms with E-state index in [-0.39, 0.29) is 29.2 Å². The van der Waals surface area contributed by atoms with Crippen LogP contribution in [0.1, 0.15) is 25.3 Å². The Morgan fingerprint density at radius 1 is 1.03 bits per heavy atom. The molecule has 10 heteroatoms. The number of benzene rings is 2. The number of rotatable bonds is 9. The Kier molecular flexibility index (Phi) is 8.51. The molecule has 0 unspecified atom stereocenters. The van der Waals surface area contributed by atoms with Gasteiger partial charge in [0, 0.05) is 32.5 Å². The fourth-order valence-electron chi connectivity index (χ4n) is 3.98. The Morgan fingerprint density at radius 2 is 1.68 bits per heavy atom. The standard InChI is InChI=1S/C24H31N3O6S/c1-17(28)25-21(15-18-9-10-22(32-2)23(16-18)33-3)24(29)26-19-11-13-27(14-12-19)34(30,31)20-7-5-4-6-8-20/h4-10,16,19,21H,11-15H2,1-3H3,(H,25,28)(H,26,29)/t21-/m1/s1. The Balaban J connectivity index is 1.62. The molecule has 34 heavy (non-hydrogen) atoms. The number of hydrogen-bond donors (Lipinski definition) is 2. The number of ether oxygens (including phenoxy) is 2. The second-order valence-corrected chi connectivity index (χ2v) is 10.1. The Labute approximate surface area is 200 Å². The minimum absolute atomic E-state index is 0.184. The topological polar surface area (TPSA) is 114 Å². The lowest BCUT2D eigenvalue weighted by Crippen LogP contribution is -2.53. The molecule has 3 rings (SSSR count). The maximum Gasteiger partial charge on any atom is 0.243 e. The van der Waals surface area contributed by atoms with Gasteiger partial charge >= 0.3 is 0 Å². The van der Waals surface area contributed by atoms with E-state index in [4.69, 9.17) is 9.47 Å². The van der Waals surface area contributed by atoms with Crippen molar-refractivity contribution in [3.8, 4) is 11.5 Å². The molecule has 0 radical (unpaired) electrons. The minimum atomic E-state index is -3.56. The van der Waals surface area contributed by atoms with Crippen LogP contribution in [0, 0.1) is 0 Å². The third-order valence-corrected chi connectivity index (χ3v) is 7.68. The minimum Gasteiger partial charge on any atom is -0.493 e. The molecule has 2 N–H and O–H groups in total. The molecule has 0 saturated carbocycles. The van der Waals surface area contributed by atoms with Crippen LogP contribution in [0.25, 0.3) is 0 Å². The van der Waals surface area contributed by atoms with Gasteiger partial charge < -0.3 is 20.1 Å². The van der Waals surface area contributed by atoms with Gasteiger partial charge in [0.05, 0.1) is 19.1 Å². The van der Waals surface area contributed by atoms with Crippen LogP contribution in [0.4, 0.5) is 0 Å². The molecule has 9 nitrogen and oxygen atoms in total. The molecule has 1 fully saturated rings. The quantitative estimate of drug-likeness (QED) is 0.555. The normalized spacial score (nSPS) is 15.9. The molecule has 184 valence electrons. The summed E-state index contributed by atoms with van der Waals surface area (Å²) in [5.41, 5.74) is 0.801. The highest BCUT2D eigenvalue weighted by Crippen LogP contribution is 2.28. The summed E-state index contributed by atoms with van der Waals surface area (Å²) in [6.45, 7) is 1.98. The summed E-state index contributed by atoms with van der Waals surface area (Å²) in [6.07, 6.45) is 1.24. The highest BCUT2D eigenvalue weighted by atomic mass is 32.2. The van der Waals surface area contributed by atoms with Crippen LogP contribution < -0.4 is 20.1 Å². The Hall–Kier alpha value is -3.11. The van der Waals surface area contributed by atoms with Gasteiger partial charge in [-0.2, -0.15) is 4.31 Å². The van der Waals surface area contributed by atoms with Crippen molar-refractivity contribution in [2.24, 2.45) is 0 Å². The van der Waals surface area contributed by atoms with E-state index in [9.17, 15) is 18.0 Å². The van der Waals surface area contributed by atoms with E-state index in [1.165, 1.54) is 18.3 Å². The van der Waals surface area contributed by atoms with E-state index >= 15 is 0 Å². The largest absolute Gasteiger partial charge is 0.493 e. The molecular formula is C24H31N3O6S. The predicted octanol–water partition coefficient (Wildman–Crippen LogP) is 1.72. The van der Waals surface area contributed by atoms with E-state index in [2.05, 4.69) is 10.6 Å². The summed E-state index contributed by atoms with van der Waals surface area (Å²) in [4.78, 5) is 25.0. The SMILES string of the molecule is COc1ccc(C[C@@H](NC(C)=O)C(=O)NC2CCN(S(=O)(=O)c3ccccc3)CC2)cc1OC. The molecule has 2 amide bonds. The van der Waals surface area contributed by atoms with Gasteiger partial charge in [-0.25, -0.2) is 8.42 Å². The van der Waals surface area contributed by atoms with Crippen molar-refractivity contribution >= 4 is 21.8 Å². The summed E-state index contributed by atoms with van der Waals surface area (Å²) < 4.78 is 37.7. The molecule has 1 heterocycles. The van der Waals surface area contributed by atoms with E-state index < -0.39 is 16.1 Å². The second-order valence-electron chi connectivity index (χ2n) is 8.15. The van der Waals surface area contributed by atoms with E-state index in [0.29, 0.717) is 37.4 Å². The molecule has 1 aliphatic heterocycles. The van der Waals surface area contributed by atoms with Crippen LogP contribution in [-0.2, 0) is 26.0 Å². The van der Waals surface area contributed by atoms with Crippen LogP contribution in [0.3, 0.4) is 0 Å². The molecule has 0 aromatic heterocycles. The molecule has 2 aromatic rings. The molecule has 1 atom stereocenters. The van der Waals surface area contributed by atoms with Crippen LogP contribution in [-0.4, -0.2) is 63.9 Å². The van der Waals surface area contributed by atoms with Gasteiger partial charge in [-0.15, -0.1) is 0 Å². The van der Waals surface area contributed by atoms with Crippen LogP contribution in [0.2, 0.25) is 0 Å². The summed E-state index contributed by atoms with van der Waals surface area (Å²) in [7, 11) is -0.483. The van der Waals surface area contributed by atoms with Crippen LogP contribution >= 0.6 is 0 Å². The maximum atomic E-state index is 13.0. The van der Waals surface area contributed by atoms with E-state index in [1.54, 1.807) is 49.6 Å². The number of nitrogens with one attached hydrogen (secondary N) is 2. The number of piperidine rings is 1. The molecule has 0 spiro atoms. The van der Waals surface area contributed by atoms with E-state index in [1.807, 2.05) is 6.07 Å². The summed E-state index contributed by atoms with van der Waals surface area (Å²) in [6, 6.07) is 12.7. The summed E-state index contributed by atoms with van der Waals surface area (Å²) in [5, 5.41) is 5.69. The fourth-order valence-corrected chi connectivity index (χ4v) is 5.47. The van der Waals surface area contributed by atoms with Gasteiger partial charge in [0.15, 0.2) is 11.5 Å². The first-order chi connectivity index (χ1) is 16.2. The van der Waals surface area contributed by atoms with Gasteiger partial charge in [0.2, 0.25) is 21.8 Å². The number of hydrogen-bond acceptors (Lipinski definition) is 6. The predicted molar refractivity (Wildman–Crippen MR) is 127 cm³/mol. The first-order valence-corrected chi connectivity index (χ1v) is 12.5. The van der Waals surface area contributed by atoms with Crippen LogP contribution in [0.5, 0.6) is 11.5 Å². The molecule has 0 aliphatic carbocycles. The number of amides is 2. The zero-order valence-electron chi connectivity index (χ0n) is 19.6. The van der Waals surface area contributed by atoms with Crippen molar-refractivity contribution in [2.45, 2.75) is 43.2 Å². The first kappa shape index (κ1) is 25.5. The second kappa shape index (κ2) is 11.3. The van der Waals surface area contributed by atoms with Gasteiger partial charge in [-0.1, -0.05) is 24.3 Å². The fraction of sp³-hybridized carbons (Fsp3) is 0.417. The number of nitrogens with zero attached hydrogens (tertiary/aromatic N) is 1. The van der Waals surface area contributed by atoms with Crippen molar-refractivity contribution in [3.63, 3.8) is 0 Å². The van der Waals surface area contributed by atoms with Crippen molar-refractivity contribution in [1.82, 2.24) is 14.9 Å². The Morgan fingerprint density at radius 3 is 2.26 bits per heavy atom.